The normalized spacial score (nSPS) is 10.4. The van der Waals surface area contributed by atoms with E-state index >= 15 is 0 Å². The van der Waals surface area contributed by atoms with Crippen LogP contribution < -0.4 is 21.6 Å². The van der Waals surface area contributed by atoms with Gasteiger partial charge in [-0.05, 0) is 31.2 Å². The summed E-state index contributed by atoms with van der Waals surface area (Å²) in [5, 5.41) is 8.71. The summed E-state index contributed by atoms with van der Waals surface area (Å²) in [5.74, 6) is -0.110. The highest BCUT2D eigenvalue weighted by Gasteiger charge is 2.16. The molecule has 3 N–H and O–H groups in total. The lowest BCUT2D eigenvalue weighted by atomic mass is 10.1. The van der Waals surface area contributed by atoms with Crippen molar-refractivity contribution in [2.75, 3.05) is 23.0 Å². The summed E-state index contributed by atoms with van der Waals surface area (Å²) in [6.45, 7) is 1.44. The maximum absolute atomic E-state index is 12.3. The van der Waals surface area contributed by atoms with E-state index in [1.54, 1.807) is 55.6 Å². The van der Waals surface area contributed by atoms with Crippen LogP contribution >= 0.6 is 0 Å². The molecule has 0 spiro atoms. The van der Waals surface area contributed by atoms with E-state index in [1.165, 1.54) is 6.92 Å². The molecule has 7 heteroatoms. The van der Waals surface area contributed by atoms with Gasteiger partial charge in [0.15, 0.2) is 11.5 Å². The Morgan fingerprint density at radius 2 is 1.73 bits per heavy atom. The maximum atomic E-state index is 12.3. The molecule has 3 aromatic rings. The van der Waals surface area contributed by atoms with Gasteiger partial charge in [0, 0.05) is 23.7 Å². The van der Waals surface area contributed by atoms with Gasteiger partial charge in [-0.1, -0.05) is 24.3 Å². The molecule has 7 nitrogen and oxygen atoms in total. The molecule has 1 aromatic heterocycles. The number of para-hydroxylation sites is 1. The van der Waals surface area contributed by atoms with E-state index in [2.05, 4.69) is 16.0 Å². The van der Waals surface area contributed by atoms with Crippen LogP contribution in [0.25, 0.3) is 11.0 Å². The van der Waals surface area contributed by atoms with Crippen LogP contribution in [0.1, 0.15) is 17.3 Å². The van der Waals surface area contributed by atoms with Crippen molar-refractivity contribution in [3.05, 3.63) is 64.5 Å². The highest BCUT2D eigenvalue weighted by molar-refractivity contribution is 6.06. The lowest BCUT2D eigenvalue weighted by molar-refractivity contribution is 0.101. The van der Waals surface area contributed by atoms with Crippen molar-refractivity contribution in [2.24, 2.45) is 0 Å². The van der Waals surface area contributed by atoms with Gasteiger partial charge in [-0.2, -0.15) is 0 Å². The van der Waals surface area contributed by atoms with E-state index in [0.717, 1.165) is 0 Å². The van der Waals surface area contributed by atoms with Gasteiger partial charge in [-0.15, -0.1) is 0 Å². The molecule has 132 valence electrons. The van der Waals surface area contributed by atoms with Gasteiger partial charge in [0.05, 0.1) is 5.69 Å². The molecule has 0 fully saturated rings. The predicted molar refractivity (Wildman–Crippen MR) is 101 cm³/mol. The van der Waals surface area contributed by atoms with Crippen LogP contribution in [0.2, 0.25) is 0 Å². The van der Waals surface area contributed by atoms with Gasteiger partial charge in [0.1, 0.15) is 5.58 Å². The molecule has 2 aromatic carbocycles. The standard InChI is InChI=1S/C19H17N3O4/c1-11(23)12-6-5-7-13(10-12)21-19(25)22-17-16(20-2)14-8-3-4-9-15(14)26-18(17)24/h3-10,20H,1-2H3,(H2,21,22,25). The van der Waals surface area contributed by atoms with Crippen LogP contribution in [0.5, 0.6) is 0 Å². The number of Topliss-reactive ketones (excluding diaryl/α,β-unsaturated/α-hetero) is 1. The quantitative estimate of drug-likeness (QED) is 0.492. The zero-order chi connectivity index (χ0) is 18.7. The number of carbonyl (C=O) groups excluding carboxylic acids is 2. The predicted octanol–water partition coefficient (Wildman–Crippen LogP) is 3.68. The van der Waals surface area contributed by atoms with Gasteiger partial charge in [-0.25, -0.2) is 9.59 Å². The fraction of sp³-hybridized carbons (Fsp3) is 0.105. The van der Waals surface area contributed by atoms with Crippen molar-refractivity contribution >= 4 is 39.8 Å². The average Bonchev–Trinajstić information content (AvgIpc) is 2.62. The summed E-state index contributed by atoms with van der Waals surface area (Å²) in [6, 6.07) is 12.9. The summed E-state index contributed by atoms with van der Waals surface area (Å²) < 4.78 is 5.25. The van der Waals surface area contributed by atoms with Crippen molar-refractivity contribution in [2.45, 2.75) is 6.92 Å². The number of hydrogen-bond donors (Lipinski definition) is 3. The van der Waals surface area contributed by atoms with Crippen molar-refractivity contribution in [3.8, 4) is 0 Å². The third-order valence-corrected chi connectivity index (χ3v) is 3.83. The van der Waals surface area contributed by atoms with Crippen LogP contribution in [0.3, 0.4) is 0 Å². The molecule has 26 heavy (non-hydrogen) atoms. The fourth-order valence-electron chi connectivity index (χ4n) is 2.61. The number of anilines is 3. The highest BCUT2D eigenvalue weighted by Crippen LogP contribution is 2.28. The summed E-state index contributed by atoms with van der Waals surface area (Å²) in [5.41, 5.74) is 1.13. The summed E-state index contributed by atoms with van der Waals surface area (Å²) in [7, 11) is 1.65. The number of fused-ring (bicyclic) bond motifs is 1. The maximum Gasteiger partial charge on any atom is 0.362 e. The lowest BCUT2D eigenvalue weighted by Crippen LogP contribution is -2.24. The molecule has 0 aliphatic carbocycles. The van der Waals surface area contributed by atoms with Gasteiger partial charge >= 0.3 is 11.7 Å². The fourth-order valence-corrected chi connectivity index (χ4v) is 2.61. The molecule has 0 radical (unpaired) electrons. The first-order valence-electron chi connectivity index (χ1n) is 7.92. The molecular formula is C19H17N3O4. The third kappa shape index (κ3) is 3.41. The van der Waals surface area contributed by atoms with E-state index in [0.29, 0.717) is 27.9 Å². The monoisotopic (exact) mass is 351 g/mol. The number of hydrogen-bond acceptors (Lipinski definition) is 5. The Labute approximate surface area is 149 Å². The number of carbonyl (C=O) groups is 2. The minimum absolute atomic E-state index is 0.00595. The van der Waals surface area contributed by atoms with Gasteiger partial charge in [0.2, 0.25) is 0 Å². The zero-order valence-electron chi connectivity index (χ0n) is 14.3. The number of amides is 2. The molecular weight excluding hydrogens is 334 g/mol. The number of ketones is 1. The second-order valence-electron chi connectivity index (χ2n) is 5.60. The first kappa shape index (κ1) is 17.2. The Morgan fingerprint density at radius 3 is 2.46 bits per heavy atom. The van der Waals surface area contributed by atoms with Gasteiger partial charge < -0.3 is 15.1 Å². The highest BCUT2D eigenvalue weighted by atomic mass is 16.4. The van der Waals surface area contributed by atoms with Crippen LogP contribution in [0, 0.1) is 0 Å². The smallest absolute Gasteiger partial charge is 0.362 e. The molecule has 0 saturated heterocycles. The molecule has 0 bridgehead atoms. The molecule has 0 atom stereocenters. The number of urea groups is 1. The topological polar surface area (TPSA) is 100 Å². The second-order valence-corrected chi connectivity index (χ2v) is 5.60. The van der Waals surface area contributed by atoms with Crippen molar-refractivity contribution in [1.82, 2.24) is 0 Å². The summed E-state index contributed by atoms with van der Waals surface area (Å²) in [4.78, 5) is 36.0. The van der Waals surface area contributed by atoms with Crippen molar-refractivity contribution < 1.29 is 14.0 Å². The Hall–Kier alpha value is -3.61. The molecule has 3 rings (SSSR count). The van der Waals surface area contributed by atoms with Crippen LogP contribution in [-0.4, -0.2) is 18.9 Å². The Balaban J connectivity index is 1.90. The van der Waals surface area contributed by atoms with Crippen LogP contribution in [-0.2, 0) is 0 Å². The van der Waals surface area contributed by atoms with E-state index in [4.69, 9.17) is 4.42 Å². The Kier molecular flexibility index (Phi) is 4.70. The lowest BCUT2D eigenvalue weighted by Gasteiger charge is -2.12. The largest absolute Gasteiger partial charge is 0.421 e. The number of benzene rings is 2. The van der Waals surface area contributed by atoms with Crippen LogP contribution in [0.4, 0.5) is 21.9 Å². The van der Waals surface area contributed by atoms with Crippen LogP contribution in [0.15, 0.2) is 57.7 Å². The van der Waals surface area contributed by atoms with E-state index in [9.17, 15) is 14.4 Å². The van der Waals surface area contributed by atoms with Crippen molar-refractivity contribution in [3.63, 3.8) is 0 Å². The molecule has 0 aliphatic heterocycles. The minimum Gasteiger partial charge on any atom is -0.421 e. The van der Waals surface area contributed by atoms with Gasteiger partial charge in [-0.3, -0.25) is 10.1 Å². The first-order chi connectivity index (χ1) is 12.5. The number of nitrogens with one attached hydrogen (secondary N) is 3. The van der Waals surface area contributed by atoms with E-state index < -0.39 is 11.7 Å². The SMILES string of the molecule is CNc1c(NC(=O)Nc2cccc(C(C)=O)c2)c(=O)oc2ccccc12. The van der Waals surface area contributed by atoms with E-state index in [1.807, 2.05) is 0 Å². The minimum atomic E-state index is -0.666. The first-order valence-corrected chi connectivity index (χ1v) is 7.92. The molecule has 1 heterocycles. The van der Waals surface area contributed by atoms with Gasteiger partial charge in [0.25, 0.3) is 0 Å². The number of rotatable bonds is 4. The zero-order valence-corrected chi connectivity index (χ0v) is 14.3. The molecule has 0 aliphatic rings. The summed E-state index contributed by atoms with van der Waals surface area (Å²) >= 11 is 0. The second kappa shape index (κ2) is 7.10. The Morgan fingerprint density at radius 1 is 0.962 bits per heavy atom. The average molecular weight is 351 g/mol. The molecule has 2 amide bonds. The molecule has 0 saturated carbocycles. The molecule has 0 unspecified atom stereocenters. The van der Waals surface area contributed by atoms with Crippen molar-refractivity contribution in [1.29, 1.82) is 0 Å². The third-order valence-electron chi connectivity index (χ3n) is 3.83. The van der Waals surface area contributed by atoms with E-state index in [-0.39, 0.29) is 11.5 Å². The summed E-state index contributed by atoms with van der Waals surface area (Å²) in [6.07, 6.45) is 0. The Bertz CT molecular complexity index is 1060.